The van der Waals surface area contributed by atoms with E-state index in [0.717, 1.165) is 12.2 Å². The SMILES string of the molecule is CC(O)CCNC(C)CC(=O)Nc1ccccc1. The van der Waals surface area contributed by atoms with E-state index in [1.807, 2.05) is 37.3 Å². The molecule has 0 radical (unpaired) electrons. The molecule has 2 unspecified atom stereocenters. The van der Waals surface area contributed by atoms with E-state index in [2.05, 4.69) is 10.6 Å². The second-order valence-corrected chi connectivity index (χ2v) is 4.61. The number of para-hydroxylation sites is 1. The first-order valence-corrected chi connectivity index (χ1v) is 6.34. The third-order valence-electron chi connectivity index (χ3n) is 2.60. The highest BCUT2D eigenvalue weighted by atomic mass is 16.3. The number of carbonyl (C=O) groups is 1. The topological polar surface area (TPSA) is 61.4 Å². The van der Waals surface area contributed by atoms with Gasteiger partial charge in [-0.15, -0.1) is 0 Å². The summed E-state index contributed by atoms with van der Waals surface area (Å²) in [5.41, 5.74) is 0.818. The maximum absolute atomic E-state index is 11.7. The number of aliphatic hydroxyl groups excluding tert-OH is 1. The van der Waals surface area contributed by atoms with Crippen LogP contribution in [-0.2, 0) is 4.79 Å². The maximum atomic E-state index is 11.7. The zero-order valence-corrected chi connectivity index (χ0v) is 11.0. The number of nitrogens with one attached hydrogen (secondary N) is 2. The predicted octanol–water partition coefficient (Wildman–Crippen LogP) is 1.76. The molecular formula is C14H22N2O2. The molecule has 0 heterocycles. The number of hydrogen-bond acceptors (Lipinski definition) is 3. The van der Waals surface area contributed by atoms with Crippen molar-refractivity contribution < 1.29 is 9.90 Å². The minimum atomic E-state index is -0.303. The molecule has 3 N–H and O–H groups in total. The first kappa shape index (κ1) is 14.7. The van der Waals surface area contributed by atoms with Gasteiger partial charge in [0.15, 0.2) is 0 Å². The Bertz CT molecular complexity index is 352. The maximum Gasteiger partial charge on any atom is 0.225 e. The second kappa shape index (κ2) is 7.84. The lowest BCUT2D eigenvalue weighted by molar-refractivity contribution is -0.116. The van der Waals surface area contributed by atoms with Crippen molar-refractivity contribution in [3.8, 4) is 0 Å². The van der Waals surface area contributed by atoms with E-state index in [1.54, 1.807) is 6.92 Å². The van der Waals surface area contributed by atoms with Gasteiger partial charge in [0.1, 0.15) is 0 Å². The van der Waals surface area contributed by atoms with E-state index in [-0.39, 0.29) is 18.1 Å². The molecule has 0 aliphatic rings. The summed E-state index contributed by atoms with van der Waals surface area (Å²) in [5, 5.41) is 15.2. The highest BCUT2D eigenvalue weighted by molar-refractivity contribution is 5.90. The molecule has 0 aliphatic carbocycles. The van der Waals surface area contributed by atoms with Gasteiger partial charge >= 0.3 is 0 Å². The summed E-state index contributed by atoms with van der Waals surface area (Å²) < 4.78 is 0. The monoisotopic (exact) mass is 250 g/mol. The van der Waals surface area contributed by atoms with E-state index in [0.29, 0.717) is 12.8 Å². The Kier molecular flexibility index (Phi) is 6.39. The van der Waals surface area contributed by atoms with Gasteiger partial charge in [0, 0.05) is 18.2 Å². The van der Waals surface area contributed by atoms with Crippen LogP contribution in [0.2, 0.25) is 0 Å². The summed E-state index contributed by atoms with van der Waals surface area (Å²) >= 11 is 0. The Morgan fingerprint density at radius 3 is 2.56 bits per heavy atom. The van der Waals surface area contributed by atoms with Crippen LogP contribution in [0.5, 0.6) is 0 Å². The smallest absolute Gasteiger partial charge is 0.225 e. The molecule has 1 aromatic rings. The summed E-state index contributed by atoms with van der Waals surface area (Å²) in [5.74, 6) is -0.00162. The Hall–Kier alpha value is -1.39. The van der Waals surface area contributed by atoms with E-state index in [9.17, 15) is 4.79 Å². The van der Waals surface area contributed by atoms with Crippen molar-refractivity contribution in [1.82, 2.24) is 5.32 Å². The molecule has 0 spiro atoms. The van der Waals surface area contributed by atoms with Crippen LogP contribution < -0.4 is 10.6 Å². The molecule has 1 amide bonds. The summed E-state index contributed by atoms with van der Waals surface area (Å²) in [4.78, 5) is 11.7. The van der Waals surface area contributed by atoms with Gasteiger partial charge in [-0.3, -0.25) is 4.79 Å². The fraction of sp³-hybridized carbons (Fsp3) is 0.500. The summed E-state index contributed by atoms with van der Waals surface area (Å²) in [6.07, 6.45) is 0.821. The summed E-state index contributed by atoms with van der Waals surface area (Å²) in [7, 11) is 0. The van der Waals surface area contributed by atoms with Crippen molar-refractivity contribution in [1.29, 1.82) is 0 Å². The average molecular weight is 250 g/mol. The Morgan fingerprint density at radius 1 is 1.28 bits per heavy atom. The van der Waals surface area contributed by atoms with Crippen LogP contribution in [-0.4, -0.2) is 29.7 Å². The van der Waals surface area contributed by atoms with Gasteiger partial charge in [-0.25, -0.2) is 0 Å². The molecule has 2 atom stereocenters. The number of anilines is 1. The molecule has 0 aromatic heterocycles. The van der Waals surface area contributed by atoms with Crippen LogP contribution in [0.4, 0.5) is 5.69 Å². The van der Waals surface area contributed by atoms with Crippen LogP contribution in [0.15, 0.2) is 30.3 Å². The molecule has 0 aliphatic heterocycles. The van der Waals surface area contributed by atoms with Crippen LogP contribution in [0, 0.1) is 0 Å². The van der Waals surface area contributed by atoms with Gasteiger partial charge in [0.2, 0.25) is 5.91 Å². The fourth-order valence-corrected chi connectivity index (χ4v) is 1.62. The number of amides is 1. The van der Waals surface area contributed by atoms with Crippen molar-refractivity contribution in [2.75, 3.05) is 11.9 Å². The molecule has 0 saturated heterocycles. The van der Waals surface area contributed by atoms with Crippen molar-refractivity contribution in [3.63, 3.8) is 0 Å². The van der Waals surface area contributed by atoms with Crippen LogP contribution >= 0.6 is 0 Å². The van der Waals surface area contributed by atoms with Crippen molar-refractivity contribution in [2.45, 2.75) is 38.8 Å². The first-order valence-electron chi connectivity index (χ1n) is 6.34. The van der Waals surface area contributed by atoms with Crippen LogP contribution in [0.25, 0.3) is 0 Å². The number of hydrogen-bond donors (Lipinski definition) is 3. The molecule has 18 heavy (non-hydrogen) atoms. The Balaban J connectivity index is 2.23. The molecule has 1 aromatic carbocycles. The largest absolute Gasteiger partial charge is 0.393 e. The highest BCUT2D eigenvalue weighted by Crippen LogP contribution is 2.06. The molecule has 100 valence electrons. The normalized spacial score (nSPS) is 13.9. The lowest BCUT2D eigenvalue weighted by Crippen LogP contribution is -2.32. The zero-order chi connectivity index (χ0) is 13.4. The van der Waals surface area contributed by atoms with E-state index in [4.69, 9.17) is 5.11 Å². The summed E-state index contributed by atoms with van der Waals surface area (Å²) in [6.45, 7) is 4.44. The van der Waals surface area contributed by atoms with Gasteiger partial charge in [-0.2, -0.15) is 0 Å². The van der Waals surface area contributed by atoms with Gasteiger partial charge in [0.25, 0.3) is 0 Å². The third kappa shape index (κ3) is 6.37. The molecule has 4 heteroatoms. The standard InChI is InChI=1S/C14H22N2O2/c1-11(15-9-8-12(2)17)10-14(18)16-13-6-4-3-5-7-13/h3-7,11-12,15,17H,8-10H2,1-2H3,(H,16,18). The van der Waals surface area contributed by atoms with E-state index in [1.165, 1.54) is 0 Å². The van der Waals surface area contributed by atoms with E-state index < -0.39 is 0 Å². The predicted molar refractivity (Wildman–Crippen MR) is 73.5 cm³/mol. The first-order chi connectivity index (χ1) is 8.58. The Morgan fingerprint density at radius 2 is 1.94 bits per heavy atom. The lowest BCUT2D eigenvalue weighted by atomic mass is 10.2. The average Bonchev–Trinajstić information content (AvgIpc) is 2.29. The van der Waals surface area contributed by atoms with Gasteiger partial charge in [0.05, 0.1) is 6.10 Å². The zero-order valence-electron chi connectivity index (χ0n) is 11.0. The van der Waals surface area contributed by atoms with Crippen molar-refractivity contribution in [2.24, 2.45) is 0 Å². The minimum Gasteiger partial charge on any atom is -0.393 e. The van der Waals surface area contributed by atoms with Gasteiger partial charge in [-0.1, -0.05) is 18.2 Å². The van der Waals surface area contributed by atoms with E-state index >= 15 is 0 Å². The number of aliphatic hydroxyl groups is 1. The highest BCUT2D eigenvalue weighted by Gasteiger charge is 2.08. The van der Waals surface area contributed by atoms with Crippen LogP contribution in [0.1, 0.15) is 26.7 Å². The molecule has 1 rings (SSSR count). The van der Waals surface area contributed by atoms with Crippen molar-refractivity contribution in [3.05, 3.63) is 30.3 Å². The number of benzene rings is 1. The number of rotatable bonds is 7. The molecule has 0 saturated carbocycles. The quantitative estimate of drug-likeness (QED) is 0.691. The fourth-order valence-electron chi connectivity index (χ4n) is 1.62. The number of carbonyl (C=O) groups excluding carboxylic acids is 1. The molecule has 4 nitrogen and oxygen atoms in total. The Labute approximate surface area is 108 Å². The molecular weight excluding hydrogens is 228 g/mol. The minimum absolute atomic E-state index is 0.00162. The second-order valence-electron chi connectivity index (χ2n) is 4.61. The summed E-state index contributed by atoms with van der Waals surface area (Å²) in [6, 6.07) is 9.52. The third-order valence-corrected chi connectivity index (χ3v) is 2.60. The van der Waals surface area contributed by atoms with Gasteiger partial charge in [-0.05, 0) is 38.9 Å². The lowest BCUT2D eigenvalue weighted by Gasteiger charge is -2.14. The molecule has 0 fully saturated rings. The van der Waals surface area contributed by atoms with Crippen molar-refractivity contribution >= 4 is 11.6 Å². The van der Waals surface area contributed by atoms with Crippen LogP contribution in [0.3, 0.4) is 0 Å². The molecule has 0 bridgehead atoms. The van der Waals surface area contributed by atoms with Gasteiger partial charge < -0.3 is 15.7 Å².